The van der Waals surface area contributed by atoms with Gasteiger partial charge in [0.05, 0.1) is 0 Å². The molecule has 2 radical (unpaired) electrons. The standard InChI is InChI=1S/C23H22BN5OS/c1-13-12-31-23-28-20-21(26-14(2)27-22(20)29(13)23)25-10-9-15-7-8-19(30)17(11-15)16-5-3-4-6-18(16)24/h3-8,11,13,30H,9-10,12H2,1-2H3,(H,25,26,27)/t13-/m0/s1. The SMILES string of the molecule is [B]c1ccccc1-c1cc(CCNc2nc(C)nc3c2nc2n3[C@@H](C)CS2)ccc1O. The Morgan fingerprint density at radius 2 is 2.00 bits per heavy atom. The average molecular weight is 427 g/mol. The molecule has 0 saturated heterocycles. The first-order chi connectivity index (χ1) is 15.0. The third-order valence-corrected chi connectivity index (χ3v) is 6.73. The number of rotatable bonds is 5. The zero-order valence-electron chi connectivity index (χ0n) is 17.5. The van der Waals surface area contributed by atoms with Crippen molar-refractivity contribution in [2.75, 3.05) is 17.6 Å². The summed E-state index contributed by atoms with van der Waals surface area (Å²) in [6.45, 7) is 4.79. The summed E-state index contributed by atoms with van der Waals surface area (Å²) in [4.78, 5) is 14.0. The summed E-state index contributed by atoms with van der Waals surface area (Å²) < 4.78 is 2.20. The van der Waals surface area contributed by atoms with E-state index < -0.39 is 0 Å². The minimum atomic E-state index is 0.224. The van der Waals surface area contributed by atoms with Crippen LogP contribution in [0.5, 0.6) is 5.75 Å². The number of phenolic OH excluding ortho intramolecular Hbond substituents is 1. The van der Waals surface area contributed by atoms with E-state index in [9.17, 15) is 5.11 Å². The van der Waals surface area contributed by atoms with Crippen molar-refractivity contribution in [3.05, 3.63) is 53.9 Å². The second kappa shape index (κ2) is 7.92. The van der Waals surface area contributed by atoms with E-state index >= 15 is 0 Å². The number of aromatic nitrogens is 4. The summed E-state index contributed by atoms with van der Waals surface area (Å²) in [5, 5.41) is 14.8. The van der Waals surface area contributed by atoms with Gasteiger partial charge in [-0.3, -0.25) is 4.57 Å². The molecule has 1 aliphatic heterocycles. The number of imidazole rings is 1. The molecule has 0 spiro atoms. The van der Waals surface area contributed by atoms with Crippen molar-refractivity contribution in [2.45, 2.75) is 31.5 Å². The van der Waals surface area contributed by atoms with Gasteiger partial charge < -0.3 is 10.4 Å². The molecule has 3 heterocycles. The van der Waals surface area contributed by atoms with Crippen LogP contribution in [0.1, 0.15) is 24.4 Å². The predicted octanol–water partition coefficient (Wildman–Crippen LogP) is 3.62. The molecule has 154 valence electrons. The van der Waals surface area contributed by atoms with Gasteiger partial charge in [-0.15, -0.1) is 0 Å². The number of aromatic hydroxyl groups is 1. The largest absolute Gasteiger partial charge is 0.507 e. The number of phenols is 1. The highest BCUT2D eigenvalue weighted by Crippen LogP contribution is 2.37. The molecule has 5 rings (SSSR count). The van der Waals surface area contributed by atoms with Crippen LogP contribution in [-0.2, 0) is 6.42 Å². The Morgan fingerprint density at radius 3 is 2.84 bits per heavy atom. The van der Waals surface area contributed by atoms with Gasteiger partial charge in [0.15, 0.2) is 22.1 Å². The van der Waals surface area contributed by atoms with Crippen LogP contribution < -0.4 is 10.8 Å². The van der Waals surface area contributed by atoms with E-state index in [1.54, 1.807) is 17.8 Å². The van der Waals surface area contributed by atoms with E-state index in [0.717, 1.165) is 56.8 Å². The highest BCUT2D eigenvalue weighted by atomic mass is 32.2. The second-order valence-electron chi connectivity index (χ2n) is 7.83. The van der Waals surface area contributed by atoms with E-state index in [4.69, 9.17) is 12.8 Å². The Balaban J connectivity index is 1.38. The van der Waals surface area contributed by atoms with Crippen LogP contribution in [0.3, 0.4) is 0 Å². The summed E-state index contributed by atoms with van der Waals surface area (Å²) >= 11 is 1.76. The van der Waals surface area contributed by atoms with Gasteiger partial charge in [0.2, 0.25) is 0 Å². The molecule has 0 amide bonds. The number of thioether (sulfide) groups is 1. The average Bonchev–Trinajstić information content (AvgIpc) is 3.30. The fourth-order valence-electron chi connectivity index (χ4n) is 3.98. The molecule has 4 aromatic rings. The quantitative estimate of drug-likeness (QED) is 0.474. The lowest BCUT2D eigenvalue weighted by Crippen LogP contribution is -2.10. The van der Waals surface area contributed by atoms with Crippen LogP contribution in [0.2, 0.25) is 0 Å². The smallest absolute Gasteiger partial charge is 0.170 e. The number of fused-ring (bicyclic) bond motifs is 3. The maximum absolute atomic E-state index is 10.3. The number of hydrogen-bond donors (Lipinski definition) is 2. The van der Waals surface area contributed by atoms with E-state index in [1.165, 1.54) is 0 Å². The van der Waals surface area contributed by atoms with Crippen LogP contribution in [0, 0.1) is 6.92 Å². The Hall–Kier alpha value is -3.00. The predicted molar refractivity (Wildman–Crippen MR) is 127 cm³/mol. The minimum absolute atomic E-state index is 0.224. The molecule has 2 N–H and O–H groups in total. The van der Waals surface area contributed by atoms with Crippen LogP contribution >= 0.6 is 11.8 Å². The maximum atomic E-state index is 10.3. The van der Waals surface area contributed by atoms with Gasteiger partial charge in [-0.05, 0) is 43.5 Å². The van der Waals surface area contributed by atoms with Gasteiger partial charge in [-0.25, -0.2) is 15.0 Å². The van der Waals surface area contributed by atoms with E-state index in [2.05, 4.69) is 26.8 Å². The molecule has 0 fully saturated rings. The first kappa shape index (κ1) is 19.9. The first-order valence-electron chi connectivity index (χ1n) is 10.3. The molecule has 1 atom stereocenters. The Bertz CT molecular complexity index is 1290. The van der Waals surface area contributed by atoms with Crippen molar-refractivity contribution in [1.29, 1.82) is 0 Å². The fourth-order valence-corrected chi connectivity index (χ4v) is 5.08. The van der Waals surface area contributed by atoms with Crippen LogP contribution in [0.25, 0.3) is 22.3 Å². The van der Waals surface area contributed by atoms with Crippen molar-refractivity contribution in [3.8, 4) is 16.9 Å². The van der Waals surface area contributed by atoms with E-state index in [0.29, 0.717) is 18.0 Å². The number of anilines is 1. The molecular weight excluding hydrogens is 405 g/mol. The lowest BCUT2D eigenvalue weighted by atomic mass is 9.86. The summed E-state index contributed by atoms with van der Waals surface area (Å²) in [6.07, 6.45) is 0.767. The lowest BCUT2D eigenvalue weighted by Gasteiger charge is -2.12. The van der Waals surface area contributed by atoms with Gasteiger partial charge in [0.25, 0.3) is 0 Å². The minimum Gasteiger partial charge on any atom is -0.507 e. The van der Waals surface area contributed by atoms with Crippen LogP contribution in [0.4, 0.5) is 5.82 Å². The van der Waals surface area contributed by atoms with Gasteiger partial charge in [-0.2, -0.15) is 0 Å². The monoisotopic (exact) mass is 427 g/mol. The third-order valence-electron chi connectivity index (χ3n) is 5.53. The molecule has 0 aliphatic carbocycles. The summed E-state index contributed by atoms with van der Waals surface area (Å²) in [5.74, 6) is 2.75. The lowest BCUT2D eigenvalue weighted by molar-refractivity contribution is 0.477. The molecule has 0 bridgehead atoms. The first-order valence-corrected chi connectivity index (χ1v) is 11.3. The Labute approximate surface area is 186 Å². The van der Waals surface area contributed by atoms with E-state index in [1.807, 2.05) is 43.3 Å². The zero-order chi connectivity index (χ0) is 21.5. The van der Waals surface area contributed by atoms with Gasteiger partial charge in [0, 0.05) is 23.9 Å². The van der Waals surface area contributed by atoms with Crippen molar-refractivity contribution in [1.82, 2.24) is 19.5 Å². The highest BCUT2D eigenvalue weighted by Gasteiger charge is 2.26. The molecule has 31 heavy (non-hydrogen) atoms. The second-order valence-corrected chi connectivity index (χ2v) is 8.82. The van der Waals surface area contributed by atoms with Gasteiger partial charge in [-0.1, -0.05) is 47.6 Å². The molecule has 6 nitrogen and oxygen atoms in total. The van der Waals surface area contributed by atoms with Gasteiger partial charge >= 0.3 is 0 Å². The number of aryl methyl sites for hydroxylation is 1. The molecule has 2 aromatic heterocycles. The third kappa shape index (κ3) is 3.65. The van der Waals surface area contributed by atoms with E-state index in [-0.39, 0.29) is 5.75 Å². The van der Waals surface area contributed by atoms with Gasteiger partial charge in [0.1, 0.15) is 19.4 Å². The zero-order valence-corrected chi connectivity index (χ0v) is 18.3. The van der Waals surface area contributed by atoms with Crippen molar-refractivity contribution < 1.29 is 5.11 Å². The van der Waals surface area contributed by atoms with Crippen molar-refractivity contribution in [3.63, 3.8) is 0 Å². The normalized spacial score (nSPS) is 15.4. The topological polar surface area (TPSA) is 75.9 Å². The summed E-state index contributed by atoms with van der Waals surface area (Å²) in [5.41, 5.74) is 5.04. The highest BCUT2D eigenvalue weighted by molar-refractivity contribution is 7.99. The molecule has 0 unspecified atom stereocenters. The van der Waals surface area contributed by atoms with Crippen molar-refractivity contribution >= 4 is 42.1 Å². The number of nitrogens with one attached hydrogen (secondary N) is 1. The maximum Gasteiger partial charge on any atom is 0.170 e. The number of nitrogens with zero attached hydrogens (tertiary/aromatic N) is 4. The molecule has 8 heteroatoms. The number of benzene rings is 2. The Kier molecular flexibility index (Phi) is 5.10. The fraction of sp³-hybridized carbons (Fsp3) is 0.261. The molecule has 2 aromatic carbocycles. The molecular formula is C23H22BN5OS. The summed E-state index contributed by atoms with van der Waals surface area (Å²) in [7, 11) is 6.11. The van der Waals surface area contributed by atoms with Crippen LogP contribution in [-0.4, -0.2) is 44.8 Å². The van der Waals surface area contributed by atoms with Crippen molar-refractivity contribution in [2.24, 2.45) is 0 Å². The number of hydrogen-bond acceptors (Lipinski definition) is 6. The Morgan fingerprint density at radius 1 is 1.16 bits per heavy atom. The van der Waals surface area contributed by atoms with Crippen LogP contribution in [0.15, 0.2) is 47.6 Å². The molecule has 1 aliphatic rings. The summed E-state index contributed by atoms with van der Waals surface area (Å²) in [6, 6.07) is 13.6. The molecule has 0 saturated carbocycles.